The van der Waals surface area contributed by atoms with Crippen LogP contribution >= 0.6 is 11.8 Å². The zero-order chi connectivity index (χ0) is 20.2. The minimum absolute atomic E-state index is 0.0332. The standard InChI is InChI=1S/C22H25N5OS/c1-16(29-22-25-23-15-26(22)2)18-9-6-10-20(13-18)24-21(28)27-12-11-19(14-27)17-7-4-3-5-8-17/h3-10,13,15-16,19H,11-12,14H2,1-2H3,(H,24,28)/t16-,19?/m0/s1. The van der Waals surface area contributed by atoms with E-state index in [0.29, 0.717) is 5.92 Å². The molecule has 3 aromatic rings. The van der Waals surface area contributed by atoms with Crippen LogP contribution in [0.15, 0.2) is 66.1 Å². The van der Waals surface area contributed by atoms with Crippen LogP contribution in [-0.4, -0.2) is 38.8 Å². The summed E-state index contributed by atoms with van der Waals surface area (Å²) in [5.41, 5.74) is 3.26. The molecular formula is C22H25N5OS. The van der Waals surface area contributed by atoms with Gasteiger partial charge in [0.05, 0.1) is 0 Å². The fourth-order valence-corrected chi connectivity index (χ4v) is 4.53. The number of carbonyl (C=O) groups is 1. The SMILES string of the molecule is C[C@H](Sc1nncn1C)c1cccc(NC(=O)N2CCC(c3ccccc3)C2)c1. The van der Waals surface area contributed by atoms with Crippen molar-refractivity contribution in [3.8, 4) is 0 Å². The van der Waals surface area contributed by atoms with Crippen LogP contribution in [0.3, 0.4) is 0 Å². The molecule has 1 saturated heterocycles. The topological polar surface area (TPSA) is 63.1 Å². The van der Waals surface area contributed by atoms with Crippen molar-refractivity contribution < 1.29 is 4.79 Å². The molecule has 150 valence electrons. The molecular weight excluding hydrogens is 382 g/mol. The van der Waals surface area contributed by atoms with Crippen LogP contribution < -0.4 is 5.32 Å². The summed E-state index contributed by atoms with van der Waals surface area (Å²) in [6, 6.07) is 18.4. The highest BCUT2D eigenvalue weighted by molar-refractivity contribution is 7.99. The molecule has 1 aliphatic rings. The predicted octanol–water partition coefficient (Wildman–Crippen LogP) is 4.69. The second-order valence-corrected chi connectivity index (χ2v) is 8.69. The van der Waals surface area contributed by atoms with Gasteiger partial charge in [0.25, 0.3) is 0 Å². The largest absolute Gasteiger partial charge is 0.324 e. The summed E-state index contributed by atoms with van der Waals surface area (Å²) in [6.07, 6.45) is 2.70. The van der Waals surface area contributed by atoms with Gasteiger partial charge in [0.15, 0.2) is 5.16 Å². The molecule has 2 aromatic carbocycles. The molecule has 0 radical (unpaired) electrons. The van der Waals surface area contributed by atoms with Crippen LogP contribution in [0, 0.1) is 0 Å². The summed E-state index contributed by atoms with van der Waals surface area (Å²) in [7, 11) is 1.93. The van der Waals surface area contributed by atoms with Gasteiger partial charge in [0.2, 0.25) is 0 Å². The van der Waals surface area contributed by atoms with Gasteiger partial charge in [-0.05, 0) is 36.6 Å². The average molecular weight is 408 g/mol. The minimum Gasteiger partial charge on any atom is -0.324 e. The Labute approximate surface area is 175 Å². The van der Waals surface area contributed by atoms with E-state index in [1.54, 1.807) is 18.1 Å². The number of nitrogens with zero attached hydrogens (tertiary/aromatic N) is 4. The van der Waals surface area contributed by atoms with E-state index in [9.17, 15) is 4.79 Å². The first-order chi connectivity index (χ1) is 14.1. The number of rotatable bonds is 5. The van der Waals surface area contributed by atoms with E-state index in [1.165, 1.54) is 5.56 Å². The summed E-state index contributed by atoms with van der Waals surface area (Å²) >= 11 is 1.65. The molecule has 1 fully saturated rings. The Morgan fingerprint density at radius 3 is 2.79 bits per heavy atom. The summed E-state index contributed by atoms with van der Waals surface area (Å²) in [4.78, 5) is 14.7. The molecule has 1 N–H and O–H groups in total. The van der Waals surface area contributed by atoms with Crippen LogP contribution in [0.25, 0.3) is 0 Å². The molecule has 7 heteroatoms. The van der Waals surface area contributed by atoms with Crippen LogP contribution in [0.1, 0.15) is 35.6 Å². The first kappa shape index (κ1) is 19.5. The summed E-state index contributed by atoms with van der Waals surface area (Å²) in [5.74, 6) is 0.413. The Morgan fingerprint density at radius 2 is 2.03 bits per heavy atom. The van der Waals surface area contributed by atoms with Gasteiger partial charge in [-0.15, -0.1) is 10.2 Å². The molecule has 1 aromatic heterocycles. The van der Waals surface area contributed by atoms with Crippen molar-refractivity contribution in [2.24, 2.45) is 7.05 Å². The number of amides is 2. The highest BCUT2D eigenvalue weighted by Gasteiger charge is 2.27. The van der Waals surface area contributed by atoms with E-state index in [-0.39, 0.29) is 11.3 Å². The third-order valence-electron chi connectivity index (χ3n) is 5.31. The van der Waals surface area contributed by atoms with Crippen molar-refractivity contribution in [2.45, 2.75) is 29.7 Å². The molecule has 2 amide bonds. The Kier molecular flexibility index (Phi) is 5.85. The van der Waals surface area contributed by atoms with Crippen molar-refractivity contribution in [1.29, 1.82) is 0 Å². The highest BCUT2D eigenvalue weighted by Crippen LogP contribution is 2.34. The number of nitrogens with one attached hydrogen (secondary N) is 1. The van der Waals surface area contributed by atoms with Crippen molar-refractivity contribution in [1.82, 2.24) is 19.7 Å². The quantitative estimate of drug-likeness (QED) is 0.623. The van der Waals surface area contributed by atoms with E-state index in [2.05, 4.69) is 52.8 Å². The number of aryl methyl sites for hydroxylation is 1. The lowest BCUT2D eigenvalue weighted by atomic mass is 9.99. The molecule has 2 heterocycles. The van der Waals surface area contributed by atoms with Gasteiger partial charge in [0.1, 0.15) is 6.33 Å². The van der Waals surface area contributed by atoms with Gasteiger partial charge in [-0.25, -0.2) is 4.79 Å². The Morgan fingerprint density at radius 1 is 1.21 bits per heavy atom. The van der Waals surface area contributed by atoms with E-state index < -0.39 is 0 Å². The number of carbonyl (C=O) groups excluding carboxylic acids is 1. The van der Waals surface area contributed by atoms with E-state index in [1.807, 2.05) is 40.8 Å². The highest BCUT2D eigenvalue weighted by atomic mass is 32.2. The molecule has 1 aliphatic heterocycles. The van der Waals surface area contributed by atoms with E-state index in [4.69, 9.17) is 0 Å². The number of urea groups is 1. The lowest BCUT2D eigenvalue weighted by Crippen LogP contribution is -2.32. The number of likely N-dealkylation sites (tertiary alicyclic amines) is 1. The van der Waals surface area contributed by atoms with Crippen LogP contribution in [0.4, 0.5) is 10.5 Å². The Balaban J connectivity index is 1.38. The van der Waals surface area contributed by atoms with Crippen molar-refractivity contribution in [2.75, 3.05) is 18.4 Å². The maximum absolute atomic E-state index is 12.8. The lowest BCUT2D eigenvalue weighted by Gasteiger charge is -2.18. The number of aromatic nitrogens is 3. The van der Waals surface area contributed by atoms with Gasteiger partial charge in [0, 0.05) is 37.0 Å². The third kappa shape index (κ3) is 4.62. The van der Waals surface area contributed by atoms with Gasteiger partial charge in [-0.1, -0.05) is 54.2 Å². The van der Waals surface area contributed by atoms with Gasteiger partial charge in [-0.2, -0.15) is 0 Å². The second-order valence-electron chi connectivity index (χ2n) is 7.38. The van der Waals surface area contributed by atoms with Crippen LogP contribution in [0.5, 0.6) is 0 Å². The molecule has 6 nitrogen and oxygen atoms in total. The van der Waals surface area contributed by atoms with Gasteiger partial charge in [-0.3, -0.25) is 0 Å². The van der Waals surface area contributed by atoms with Crippen molar-refractivity contribution >= 4 is 23.5 Å². The average Bonchev–Trinajstić information content (AvgIpc) is 3.39. The maximum atomic E-state index is 12.8. The molecule has 0 bridgehead atoms. The first-order valence-corrected chi connectivity index (χ1v) is 10.7. The molecule has 0 aliphatic carbocycles. The third-order valence-corrected chi connectivity index (χ3v) is 6.51. The number of thioether (sulfide) groups is 1. The Bertz CT molecular complexity index is 974. The van der Waals surface area contributed by atoms with Crippen molar-refractivity contribution in [3.05, 3.63) is 72.1 Å². The first-order valence-electron chi connectivity index (χ1n) is 9.81. The zero-order valence-electron chi connectivity index (χ0n) is 16.7. The summed E-state index contributed by atoms with van der Waals surface area (Å²) in [6.45, 7) is 3.67. The minimum atomic E-state index is -0.0332. The summed E-state index contributed by atoms with van der Waals surface area (Å²) in [5, 5.41) is 12.2. The number of benzene rings is 2. The lowest BCUT2D eigenvalue weighted by molar-refractivity contribution is 0.222. The second kappa shape index (κ2) is 8.69. The monoisotopic (exact) mass is 407 g/mol. The van der Waals surface area contributed by atoms with Gasteiger partial charge >= 0.3 is 6.03 Å². The molecule has 2 atom stereocenters. The van der Waals surface area contributed by atoms with Crippen LogP contribution in [0.2, 0.25) is 0 Å². The molecule has 4 rings (SSSR count). The smallest absolute Gasteiger partial charge is 0.321 e. The number of anilines is 1. The van der Waals surface area contributed by atoms with Gasteiger partial charge < -0.3 is 14.8 Å². The van der Waals surface area contributed by atoms with Crippen molar-refractivity contribution in [3.63, 3.8) is 0 Å². The number of hydrogen-bond donors (Lipinski definition) is 1. The molecule has 29 heavy (non-hydrogen) atoms. The number of hydrogen-bond acceptors (Lipinski definition) is 4. The van der Waals surface area contributed by atoms with Crippen LogP contribution in [-0.2, 0) is 7.05 Å². The fourth-order valence-electron chi connectivity index (χ4n) is 3.62. The molecule has 1 unspecified atom stereocenters. The normalized spacial score (nSPS) is 17.3. The maximum Gasteiger partial charge on any atom is 0.321 e. The molecule has 0 spiro atoms. The zero-order valence-corrected chi connectivity index (χ0v) is 17.5. The summed E-state index contributed by atoms with van der Waals surface area (Å²) < 4.78 is 1.91. The van der Waals surface area contributed by atoms with E-state index in [0.717, 1.165) is 35.9 Å². The fraction of sp³-hybridized carbons (Fsp3) is 0.318. The molecule has 0 saturated carbocycles. The predicted molar refractivity (Wildman–Crippen MR) is 116 cm³/mol. The Hall–Kier alpha value is -2.80. The van der Waals surface area contributed by atoms with E-state index >= 15 is 0 Å².